The summed E-state index contributed by atoms with van der Waals surface area (Å²) in [5.41, 5.74) is 1.37. The third-order valence-corrected chi connectivity index (χ3v) is 5.63. The van der Waals surface area contributed by atoms with Gasteiger partial charge in [-0.15, -0.1) is 0 Å². The normalized spacial score (nSPS) is 17.2. The molecule has 0 unspecified atom stereocenters. The van der Waals surface area contributed by atoms with Crippen molar-refractivity contribution in [3.05, 3.63) is 71.7 Å². The van der Waals surface area contributed by atoms with Crippen LogP contribution in [0.25, 0.3) is 5.57 Å². The van der Waals surface area contributed by atoms with Crippen molar-refractivity contribution in [2.45, 2.75) is 25.8 Å². The fraction of sp³-hybridized carbons (Fsp3) is 0.292. The number of carbonyl (C=O) groups excluding carboxylic acids is 3. The lowest BCUT2D eigenvalue weighted by Gasteiger charge is -2.35. The third kappa shape index (κ3) is 4.21. The van der Waals surface area contributed by atoms with Gasteiger partial charge in [0.2, 0.25) is 0 Å². The van der Waals surface area contributed by atoms with Crippen LogP contribution in [0, 0.1) is 5.82 Å². The van der Waals surface area contributed by atoms with Crippen molar-refractivity contribution in [1.82, 2.24) is 9.80 Å². The average molecular weight is 437 g/mol. The fourth-order valence-electron chi connectivity index (χ4n) is 4.10. The van der Waals surface area contributed by atoms with Crippen LogP contribution < -0.4 is 5.32 Å². The first-order valence-electron chi connectivity index (χ1n) is 10.6. The molecular formula is C24H24FN3O4. The standard InChI is InChI=1S/C24H24FN3O4/c1-2-32-24(31)27-13-11-19(12-14-27)28-22(29)20(16-7-4-3-5-8-16)21(23(28)30)26-18-10-6-9-17(25)15-18/h3-10,15,19,26H,2,11-14H2,1H3. The molecular weight excluding hydrogens is 413 g/mol. The van der Waals surface area contributed by atoms with Gasteiger partial charge in [-0.2, -0.15) is 0 Å². The molecule has 0 aromatic heterocycles. The molecule has 7 nitrogen and oxygen atoms in total. The van der Waals surface area contributed by atoms with Crippen LogP contribution in [-0.2, 0) is 14.3 Å². The maximum Gasteiger partial charge on any atom is 0.409 e. The number of nitrogens with one attached hydrogen (secondary N) is 1. The van der Waals surface area contributed by atoms with E-state index in [1.54, 1.807) is 42.2 Å². The first kappa shape index (κ1) is 21.5. The van der Waals surface area contributed by atoms with Gasteiger partial charge in [-0.3, -0.25) is 14.5 Å². The highest BCUT2D eigenvalue weighted by molar-refractivity contribution is 6.36. The Morgan fingerprint density at radius 3 is 2.44 bits per heavy atom. The largest absolute Gasteiger partial charge is 0.450 e. The van der Waals surface area contributed by atoms with E-state index in [9.17, 15) is 18.8 Å². The van der Waals surface area contributed by atoms with Crippen LogP contribution >= 0.6 is 0 Å². The van der Waals surface area contributed by atoms with Crippen molar-refractivity contribution < 1.29 is 23.5 Å². The molecule has 1 saturated heterocycles. The molecule has 2 heterocycles. The monoisotopic (exact) mass is 437 g/mol. The molecule has 0 bridgehead atoms. The summed E-state index contributed by atoms with van der Waals surface area (Å²) in [7, 11) is 0. The molecule has 1 fully saturated rings. The van der Waals surface area contributed by atoms with Gasteiger partial charge in [-0.25, -0.2) is 9.18 Å². The summed E-state index contributed by atoms with van der Waals surface area (Å²) in [6.45, 7) is 2.83. The molecule has 0 saturated carbocycles. The van der Waals surface area contributed by atoms with Gasteiger partial charge in [-0.1, -0.05) is 36.4 Å². The van der Waals surface area contributed by atoms with E-state index in [0.29, 0.717) is 43.8 Å². The Labute approximate surface area is 185 Å². The van der Waals surface area contributed by atoms with E-state index in [0.717, 1.165) is 0 Å². The number of hydrogen-bond donors (Lipinski definition) is 1. The van der Waals surface area contributed by atoms with E-state index in [1.165, 1.54) is 23.1 Å². The molecule has 0 aliphatic carbocycles. The summed E-state index contributed by atoms with van der Waals surface area (Å²) in [4.78, 5) is 41.7. The number of likely N-dealkylation sites (tertiary alicyclic amines) is 1. The Morgan fingerprint density at radius 2 is 1.78 bits per heavy atom. The Kier molecular flexibility index (Phi) is 6.20. The highest BCUT2D eigenvalue weighted by atomic mass is 19.1. The number of ether oxygens (including phenoxy) is 1. The molecule has 1 N–H and O–H groups in total. The second kappa shape index (κ2) is 9.21. The van der Waals surface area contributed by atoms with E-state index >= 15 is 0 Å². The Hall–Kier alpha value is -3.68. The number of amides is 3. The van der Waals surface area contributed by atoms with Crippen molar-refractivity contribution >= 4 is 29.2 Å². The van der Waals surface area contributed by atoms with E-state index in [4.69, 9.17) is 4.74 Å². The van der Waals surface area contributed by atoms with Crippen LogP contribution in [0.4, 0.5) is 14.9 Å². The summed E-state index contributed by atoms with van der Waals surface area (Å²) < 4.78 is 18.7. The highest BCUT2D eigenvalue weighted by Gasteiger charge is 2.44. The third-order valence-electron chi connectivity index (χ3n) is 5.63. The van der Waals surface area contributed by atoms with Gasteiger partial charge in [-0.05, 0) is 43.5 Å². The van der Waals surface area contributed by atoms with Crippen LogP contribution in [0.2, 0.25) is 0 Å². The number of rotatable bonds is 5. The zero-order chi connectivity index (χ0) is 22.7. The number of anilines is 1. The molecule has 0 spiro atoms. The predicted octanol–water partition coefficient (Wildman–Crippen LogP) is 3.64. The number of nitrogens with zero attached hydrogens (tertiary/aromatic N) is 2. The van der Waals surface area contributed by atoms with Crippen LogP contribution in [0.15, 0.2) is 60.3 Å². The summed E-state index contributed by atoms with van der Waals surface area (Å²) in [6, 6.07) is 14.3. The second-order valence-electron chi connectivity index (χ2n) is 7.65. The predicted molar refractivity (Wildman–Crippen MR) is 117 cm³/mol. The van der Waals surface area contributed by atoms with Gasteiger partial charge < -0.3 is 15.0 Å². The van der Waals surface area contributed by atoms with Crippen LogP contribution in [0.5, 0.6) is 0 Å². The number of imide groups is 1. The summed E-state index contributed by atoms with van der Waals surface area (Å²) in [6.07, 6.45) is 0.540. The fourth-order valence-corrected chi connectivity index (χ4v) is 4.10. The van der Waals surface area contributed by atoms with Gasteiger partial charge in [0.05, 0.1) is 12.2 Å². The van der Waals surface area contributed by atoms with E-state index < -0.39 is 17.6 Å². The first-order chi connectivity index (χ1) is 15.5. The average Bonchev–Trinajstić information content (AvgIpc) is 3.04. The number of carbonyl (C=O) groups is 3. The number of halogens is 1. The smallest absolute Gasteiger partial charge is 0.409 e. The molecule has 8 heteroatoms. The SMILES string of the molecule is CCOC(=O)N1CCC(N2C(=O)C(Nc3cccc(F)c3)=C(c3ccccc3)C2=O)CC1. The quantitative estimate of drug-likeness (QED) is 0.723. The maximum atomic E-state index is 13.7. The topological polar surface area (TPSA) is 79.0 Å². The zero-order valence-corrected chi connectivity index (χ0v) is 17.7. The molecule has 0 radical (unpaired) electrons. The molecule has 32 heavy (non-hydrogen) atoms. The molecule has 3 amide bonds. The Morgan fingerprint density at radius 1 is 1.06 bits per heavy atom. The minimum absolute atomic E-state index is 0.125. The van der Waals surface area contributed by atoms with Crippen molar-refractivity contribution in [1.29, 1.82) is 0 Å². The van der Waals surface area contributed by atoms with Gasteiger partial charge >= 0.3 is 6.09 Å². The van der Waals surface area contributed by atoms with Crippen molar-refractivity contribution in [2.75, 3.05) is 25.0 Å². The molecule has 2 aromatic rings. The van der Waals surface area contributed by atoms with Crippen molar-refractivity contribution in [3.8, 4) is 0 Å². The van der Waals surface area contributed by atoms with Crippen molar-refractivity contribution in [3.63, 3.8) is 0 Å². The van der Waals surface area contributed by atoms with Gasteiger partial charge in [0, 0.05) is 24.8 Å². The Bertz CT molecular complexity index is 1060. The minimum Gasteiger partial charge on any atom is -0.450 e. The number of piperidine rings is 1. The molecule has 2 aliphatic rings. The lowest BCUT2D eigenvalue weighted by Crippen LogP contribution is -2.49. The second-order valence-corrected chi connectivity index (χ2v) is 7.65. The Balaban J connectivity index is 1.60. The first-order valence-corrected chi connectivity index (χ1v) is 10.6. The number of benzene rings is 2. The summed E-state index contributed by atoms with van der Waals surface area (Å²) in [5, 5.41) is 2.97. The van der Waals surface area contributed by atoms with Crippen LogP contribution in [0.1, 0.15) is 25.3 Å². The summed E-state index contributed by atoms with van der Waals surface area (Å²) >= 11 is 0. The lowest BCUT2D eigenvalue weighted by molar-refractivity contribution is -0.140. The molecule has 2 aliphatic heterocycles. The van der Waals surface area contributed by atoms with E-state index in [-0.39, 0.29) is 23.4 Å². The number of hydrogen-bond acceptors (Lipinski definition) is 5. The molecule has 4 rings (SSSR count). The highest BCUT2D eigenvalue weighted by Crippen LogP contribution is 2.34. The van der Waals surface area contributed by atoms with E-state index in [2.05, 4.69) is 5.32 Å². The van der Waals surface area contributed by atoms with Gasteiger partial charge in [0.1, 0.15) is 11.5 Å². The van der Waals surface area contributed by atoms with Gasteiger partial charge in [0.15, 0.2) is 0 Å². The molecule has 0 atom stereocenters. The van der Waals surface area contributed by atoms with Crippen LogP contribution in [0.3, 0.4) is 0 Å². The lowest BCUT2D eigenvalue weighted by atomic mass is 10.0. The van der Waals surface area contributed by atoms with Crippen LogP contribution in [-0.4, -0.2) is 53.4 Å². The van der Waals surface area contributed by atoms with Gasteiger partial charge in [0.25, 0.3) is 11.8 Å². The maximum absolute atomic E-state index is 13.7. The molecule has 166 valence electrons. The van der Waals surface area contributed by atoms with E-state index in [1.807, 2.05) is 6.07 Å². The summed E-state index contributed by atoms with van der Waals surface area (Å²) in [5.74, 6) is -1.29. The van der Waals surface area contributed by atoms with Crippen molar-refractivity contribution in [2.24, 2.45) is 0 Å². The molecule has 2 aromatic carbocycles. The zero-order valence-electron chi connectivity index (χ0n) is 17.7. The minimum atomic E-state index is -0.451.